The van der Waals surface area contributed by atoms with Crippen LogP contribution in [0.3, 0.4) is 0 Å². The predicted molar refractivity (Wildman–Crippen MR) is 63.4 cm³/mol. The molecule has 0 amide bonds. The minimum atomic E-state index is -0.900. The summed E-state index contributed by atoms with van der Waals surface area (Å²) in [6.45, 7) is -0.200. The van der Waals surface area contributed by atoms with Gasteiger partial charge >= 0.3 is 5.97 Å². The molecule has 1 aliphatic rings. The summed E-state index contributed by atoms with van der Waals surface area (Å²) in [5, 5.41) is 26.2. The van der Waals surface area contributed by atoms with Gasteiger partial charge in [-0.25, -0.2) is 0 Å². The lowest BCUT2D eigenvalue weighted by atomic mass is 9.89. The molecule has 1 aromatic heterocycles. The summed E-state index contributed by atoms with van der Waals surface area (Å²) < 4.78 is 7.03. The van der Waals surface area contributed by atoms with Crippen LogP contribution in [0.15, 0.2) is 5.16 Å². The molecule has 0 radical (unpaired) electrons. The average molecular weight is 273 g/mol. The van der Waals surface area contributed by atoms with Crippen LogP contribution in [0.1, 0.15) is 24.7 Å². The number of aliphatic hydroxyl groups excluding tert-OH is 1. The highest BCUT2D eigenvalue weighted by Crippen LogP contribution is 2.37. The molecule has 1 saturated carbocycles. The quantitative estimate of drug-likeness (QED) is 0.719. The Kier molecular flexibility index (Phi) is 4.20. The van der Waals surface area contributed by atoms with Crippen molar-refractivity contribution in [3.8, 4) is 0 Å². The minimum absolute atomic E-state index is 0.0655. The van der Waals surface area contributed by atoms with Crippen LogP contribution >= 0.6 is 11.8 Å². The van der Waals surface area contributed by atoms with E-state index in [4.69, 9.17) is 9.84 Å². The van der Waals surface area contributed by atoms with Crippen molar-refractivity contribution in [2.45, 2.75) is 36.8 Å². The molecular weight excluding hydrogens is 258 g/mol. The second kappa shape index (κ2) is 5.68. The second-order valence-corrected chi connectivity index (χ2v) is 5.03. The summed E-state index contributed by atoms with van der Waals surface area (Å²) in [5.41, 5.74) is 0. The Hall–Kier alpha value is -1.12. The molecule has 1 aromatic rings. The summed E-state index contributed by atoms with van der Waals surface area (Å²) >= 11 is 1.12. The second-order valence-electron chi connectivity index (χ2n) is 4.09. The highest BCUT2D eigenvalue weighted by atomic mass is 32.2. The first-order chi connectivity index (χ1) is 8.65. The predicted octanol–water partition coefficient (Wildman–Crippen LogP) is 0.297. The zero-order valence-electron chi connectivity index (χ0n) is 9.94. The zero-order chi connectivity index (χ0) is 13.1. The fourth-order valence-electron chi connectivity index (χ4n) is 1.95. The van der Waals surface area contributed by atoms with E-state index < -0.39 is 5.97 Å². The van der Waals surface area contributed by atoms with Crippen molar-refractivity contribution in [3.05, 3.63) is 5.82 Å². The van der Waals surface area contributed by atoms with Crippen LogP contribution in [0.2, 0.25) is 0 Å². The van der Waals surface area contributed by atoms with Gasteiger partial charge in [-0.2, -0.15) is 0 Å². The molecule has 2 N–H and O–H groups in total. The topological polar surface area (TPSA) is 97.5 Å². The van der Waals surface area contributed by atoms with Gasteiger partial charge in [-0.3, -0.25) is 4.79 Å². The first kappa shape index (κ1) is 13.3. The van der Waals surface area contributed by atoms with E-state index in [1.165, 1.54) is 0 Å². The third kappa shape index (κ3) is 2.65. The standard InChI is InChI=1S/C10H15N3O4S/c1-17-7-2-6(3-7)13-8(4-14)11-12-10(13)18-5-9(15)16/h6-7,14H,2-5H2,1H3,(H,15,16). The van der Waals surface area contributed by atoms with Crippen molar-refractivity contribution in [2.24, 2.45) is 0 Å². The fraction of sp³-hybridized carbons (Fsp3) is 0.700. The van der Waals surface area contributed by atoms with Crippen LogP contribution in [-0.2, 0) is 16.1 Å². The molecule has 18 heavy (non-hydrogen) atoms. The molecule has 2 rings (SSSR count). The van der Waals surface area contributed by atoms with Crippen molar-refractivity contribution in [2.75, 3.05) is 12.9 Å². The molecule has 7 nitrogen and oxygen atoms in total. The third-order valence-electron chi connectivity index (χ3n) is 2.97. The Morgan fingerprint density at radius 2 is 2.28 bits per heavy atom. The average Bonchev–Trinajstić information content (AvgIpc) is 2.68. The smallest absolute Gasteiger partial charge is 0.313 e. The lowest BCUT2D eigenvalue weighted by Crippen LogP contribution is -2.33. The number of methoxy groups -OCH3 is 1. The number of thioether (sulfide) groups is 1. The molecule has 100 valence electrons. The maximum Gasteiger partial charge on any atom is 0.313 e. The fourth-order valence-corrected chi connectivity index (χ4v) is 2.69. The number of hydrogen-bond donors (Lipinski definition) is 2. The number of carbonyl (C=O) groups is 1. The normalized spacial score (nSPS) is 22.8. The third-order valence-corrected chi connectivity index (χ3v) is 3.90. The Balaban J connectivity index is 2.10. The number of aromatic nitrogens is 3. The SMILES string of the molecule is COC1CC(n2c(CO)nnc2SCC(=O)O)C1. The number of carboxylic acid groups (broad SMARTS) is 1. The van der Waals surface area contributed by atoms with Gasteiger partial charge in [0.2, 0.25) is 0 Å². The number of rotatable bonds is 6. The number of hydrogen-bond acceptors (Lipinski definition) is 6. The first-order valence-electron chi connectivity index (χ1n) is 5.57. The van der Waals surface area contributed by atoms with Crippen molar-refractivity contribution in [3.63, 3.8) is 0 Å². The van der Waals surface area contributed by atoms with Gasteiger partial charge in [-0.1, -0.05) is 11.8 Å². The summed E-state index contributed by atoms with van der Waals surface area (Å²) in [7, 11) is 1.67. The van der Waals surface area contributed by atoms with E-state index in [0.717, 1.165) is 24.6 Å². The highest BCUT2D eigenvalue weighted by Gasteiger charge is 2.33. The number of aliphatic hydroxyl groups is 1. The van der Waals surface area contributed by atoms with Crippen LogP contribution in [0.4, 0.5) is 0 Å². The van der Waals surface area contributed by atoms with E-state index >= 15 is 0 Å². The van der Waals surface area contributed by atoms with Crippen LogP contribution < -0.4 is 0 Å². The van der Waals surface area contributed by atoms with Crippen LogP contribution in [-0.4, -0.2) is 49.9 Å². The number of aliphatic carboxylic acids is 1. The van der Waals surface area contributed by atoms with E-state index in [-0.39, 0.29) is 24.5 Å². The van der Waals surface area contributed by atoms with Crippen LogP contribution in [0.5, 0.6) is 0 Å². The highest BCUT2D eigenvalue weighted by molar-refractivity contribution is 7.99. The van der Waals surface area contributed by atoms with Crippen LogP contribution in [0, 0.1) is 0 Å². The summed E-state index contributed by atoms with van der Waals surface area (Å²) in [6.07, 6.45) is 1.89. The van der Waals surface area contributed by atoms with Crippen molar-refractivity contribution < 1.29 is 19.7 Å². The molecule has 8 heteroatoms. The maximum absolute atomic E-state index is 10.6. The minimum Gasteiger partial charge on any atom is -0.481 e. The number of carboxylic acids is 1. The van der Waals surface area contributed by atoms with Gasteiger partial charge in [0.1, 0.15) is 6.61 Å². The molecule has 0 aromatic carbocycles. The van der Waals surface area contributed by atoms with Crippen molar-refractivity contribution in [1.29, 1.82) is 0 Å². The summed E-state index contributed by atoms with van der Waals surface area (Å²) in [5.74, 6) is -0.491. The molecule has 1 fully saturated rings. The molecule has 0 atom stereocenters. The monoisotopic (exact) mass is 273 g/mol. The Bertz CT molecular complexity index is 431. The van der Waals surface area contributed by atoms with Crippen LogP contribution in [0.25, 0.3) is 0 Å². The van der Waals surface area contributed by atoms with Crippen molar-refractivity contribution in [1.82, 2.24) is 14.8 Å². The summed E-state index contributed by atoms with van der Waals surface area (Å²) in [6, 6.07) is 0.184. The van der Waals surface area contributed by atoms with Gasteiger partial charge in [0, 0.05) is 13.2 Å². The van der Waals surface area contributed by atoms with E-state index in [1.807, 2.05) is 4.57 Å². The molecule has 1 aliphatic carbocycles. The number of nitrogens with zero attached hydrogens (tertiary/aromatic N) is 3. The van der Waals surface area contributed by atoms with Crippen molar-refractivity contribution >= 4 is 17.7 Å². The van der Waals surface area contributed by atoms with Gasteiger partial charge < -0.3 is 19.5 Å². The largest absolute Gasteiger partial charge is 0.481 e. The molecule has 0 spiro atoms. The maximum atomic E-state index is 10.6. The molecule has 0 unspecified atom stereocenters. The Morgan fingerprint density at radius 1 is 1.56 bits per heavy atom. The van der Waals surface area contributed by atoms with E-state index in [9.17, 15) is 9.90 Å². The zero-order valence-corrected chi connectivity index (χ0v) is 10.8. The van der Waals surface area contributed by atoms with Gasteiger partial charge in [0.05, 0.1) is 11.9 Å². The van der Waals surface area contributed by atoms with Gasteiger partial charge in [0.15, 0.2) is 11.0 Å². The molecular formula is C10H15N3O4S. The lowest BCUT2D eigenvalue weighted by molar-refractivity contribution is -0.133. The van der Waals surface area contributed by atoms with Gasteiger partial charge in [-0.05, 0) is 12.8 Å². The Labute approximate surface area is 108 Å². The van der Waals surface area contributed by atoms with Gasteiger partial charge in [-0.15, -0.1) is 10.2 Å². The number of ether oxygens (including phenoxy) is 1. The van der Waals surface area contributed by atoms with E-state index in [0.29, 0.717) is 11.0 Å². The molecule has 0 aliphatic heterocycles. The molecule has 1 heterocycles. The lowest BCUT2D eigenvalue weighted by Gasteiger charge is -2.36. The van der Waals surface area contributed by atoms with E-state index in [1.54, 1.807) is 7.11 Å². The van der Waals surface area contributed by atoms with E-state index in [2.05, 4.69) is 10.2 Å². The van der Waals surface area contributed by atoms with Gasteiger partial charge in [0.25, 0.3) is 0 Å². The molecule has 0 bridgehead atoms. The first-order valence-corrected chi connectivity index (χ1v) is 6.56. The molecule has 0 saturated heterocycles. The summed E-state index contributed by atoms with van der Waals surface area (Å²) in [4.78, 5) is 10.6. The Morgan fingerprint density at radius 3 is 2.83 bits per heavy atom.